The second-order valence-corrected chi connectivity index (χ2v) is 9.74. The Bertz CT molecular complexity index is 1210. The van der Waals surface area contributed by atoms with E-state index in [0.29, 0.717) is 11.9 Å². The highest BCUT2D eigenvalue weighted by atomic mass is 16.6. The van der Waals surface area contributed by atoms with Crippen LogP contribution in [0.4, 0.5) is 9.59 Å². The first-order valence-corrected chi connectivity index (χ1v) is 11.5. The zero-order valence-corrected chi connectivity index (χ0v) is 20.0. The van der Waals surface area contributed by atoms with Crippen LogP contribution in [0, 0.1) is 0 Å². The number of benzene rings is 2. The van der Waals surface area contributed by atoms with Crippen molar-refractivity contribution in [1.82, 2.24) is 9.47 Å². The van der Waals surface area contributed by atoms with Gasteiger partial charge in [0.1, 0.15) is 12.2 Å². The lowest BCUT2D eigenvalue weighted by atomic mass is 9.96. The summed E-state index contributed by atoms with van der Waals surface area (Å²) in [6.45, 7) is 7.57. The van der Waals surface area contributed by atoms with E-state index in [-0.39, 0.29) is 30.9 Å². The summed E-state index contributed by atoms with van der Waals surface area (Å²) in [7, 11) is 0. The molecule has 2 amide bonds. The van der Waals surface area contributed by atoms with Crippen LogP contribution in [0.5, 0.6) is 0 Å². The Labute approximate surface area is 199 Å². The van der Waals surface area contributed by atoms with Crippen LogP contribution in [-0.4, -0.2) is 45.8 Å². The average molecular weight is 463 g/mol. The molecule has 1 fully saturated rings. The summed E-state index contributed by atoms with van der Waals surface area (Å²) in [5, 5.41) is 0.874. The fraction of sp³-hybridized carbons (Fsp3) is 0.370. The molecule has 1 aliphatic rings. The molecule has 0 bridgehead atoms. The van der Waals surface area contributed by atoms with Crippen LogP contribution in [-0.2, 0) is 20.7 Å². The topological polar surface area (TPSA) is 77.8 Å². The first kappa shape index (κ1) is 23.5. The molecule has 3 aromatic rings. The van der Waals surface area contributed by atoms with Crippen molar-refractivity contribution >= 4 is 29.0 Å². The van der Waals surface area contributed by atoms with Gasteiger partial charge >= 0.3 is 12.2 Å². The number of amides is 2. The first-order chi connectivity index (χ1) is 16.1. The average Bonchev–Trinajstić information content (AvgIpc) is 3.34. The number of hydrogen-bond acceptors (Lipinski definition) is 5. The number of hydrogen-bond donors (Lipinski definition) is 0. The van der Waals surface area contributed by atoms with Gasteiger partial charge in [-0.2, -0.15) is 0 Å². The molecule has 2 unspecified atom stereocenters. The lowest BCUT2D eigenvalue weighted by Crippen LogP contribution is -2.40. The quantitative estimate of drug-likeness (QED) is 0.500. The number of nitrogens with zero attached hydrogens (tertiary/aromatic N) is 2. The molecule has 178 valence electrons. The molecule has 0 saturated carbocycles. The Kier molecular flexibility index (Phi) is 6.46. The van der Waals surface area contributed by atoms with Crippen LogP contribution in [0.15, 0.2) is 60.8 Å². The lowest BCUT2D eigenvalue weighted by Gasteiger charge is -2.21. The number of rotatable bonds is 5. The van der Waals surface area contributed by atoms with Crippen molar-refractivity contribution in [3.8, 4) is 0 Å². The normalized spacial score (nSPS) is 17.0. The van der Waals surface area contributed by atoms with Crippen LogP contribution in [0.1, 0.15) is 51.2 Å². The van der Waals surface area contributed by atoms with Crippen molar-refractivity contribution in [1.29, 1.82) is 0 Å². The van der Waals surface area contributed by atoms with E-state index in [1.165, 1.54) is 9.47 Å². The van der Waals surface area contributed by atoms with Gasteiger partial charge in [-0.25, -0.2) is 14.5 Å². The molecule has 34 heavy (non-hydrogen) atoms. The van der Waals surface area contributed by atoms with Crippen LogP contribution < -0.4 is 0 Å². The molecule has 1 aliphatic heterocycles. The van der Waals surface area contributed by atoms with E-state index in [0.717, 1.165) is 16.5 Å². The Morgan fingerprint density at radius 1 is 1.09 bits per heavy atom. The molecule has 2 heterocycles. The molecule has 0 radical (unpaired) electrons. The van der Waals surface area contributed by atoms with Crippen LogP contribution in [0.25, 0.3) is 10.9 Å². The van der Waals surface area contributed by atoms with Gasteiger partial charge in [0, 0.05) is 18.0 Å². The van der Waals surface area contributed by atoms with Gasteiger partial charge in [0.25, 0.3) is 0 Å². The van der Waals surface area contributed by atoms with Gasteiger partial charge in [-0.05, 0) is 50.3 Å². The third-order valence-corrected chi connectivity index (χ3v) is 5.89. The van der Waals surface area contributed by atoms with Gasteiger partial charge in [-0.3, -0.25) is 9.36 Å². The Balaban J connectivity index is 1.55. The van der Waals surface area contributed by atoms with Crippen molar-refractivity contribution in [2.75, 3.05) is 6.61 Å². The largest absolute Gasteiger partial charge is 0.447 e. The minimum Gasteiger partial charge on any atom is -0.447 e. The first-order valence-electron chi connectivity index (χ1n) is 11.5. The maximum absolute atomic E-state index is 13.2. The summed E-state index contributed by atoms with van der Waals surface area (Å²) in [5.74, 6) is -0.517. The summed E-state index contributed by atoms with van der Waals surface area (Å²) >= 11 is 0. The summed E-state index contributed by atoms with van der Waals surface area (Å²) in [4.78, 5) is 39.7. The Morgan fingerprint density at radius 2 is 1.76 bits per heavy atom. The Morgan fingerprint density at radius 3 is 2.47 bits per heavy atom. The molecule has 1 aromatic heterocycles. The highest BCUT2D eigenvalue weighted by Crippen LogP contribution is 2.31. The lowest BCUT2D eigenvalue weighted by molar-refractivity contribution is -0.129. The third kappa shape index (κ3) is 4.98. The molecular formula is C27H30N2O5. The summed E-state index contributed by atoms with van der Waals surface area (Å²) in [6.07, 6.45) is 1.32. The minimum absolute atomic E-state index is 0.114. The van der Waals surface area contributed by atoms with Gasteiger partial charge in [-0.1, -0.05) is 55.5 Å². The van der Waals surface area contributed by atoms with Crippen LogP contribution >= 0.6 is 0 Å². The maximum atomic E-state index is 13.2. The monoisotopic (exact) mass is 462 g/mol. The highest BCUT2D eigenvalue weighted by Gasteiger charge is 2.38. The number of aromatic nitrogens is 1. The third-order valence-electron chi connectivity index (χ3n) is 5.89. The van der Waals surface area contributed by atoms with Gasteiger partial charge in [0.2, 0.25) is 5.91 Å². The van der Waals surface area contributed by atoms with E-state index < -0.39 is 17.8 Å². The van der Waals surface area contributed by atoms with Gasteiger partial charge in [0.15, 0.2) is 0 Å². The molecule has 0 N–H and O–H groups in total. The van der Waals surface area contributed by atoms with E-state index in [1.54, 1.807) is 6.20 Å². The second kappa shape index (κ2) is 9.33. The second-order valence-electron chi connectivity index (χ2n) is 9.74. The van der Waals surface area contributed by atoms with Crippen molar-refractivity contribution in [2.24, 2.45) is 0 Å². The van der Waals surface area contributed by atoms with Crippen LogP contribution in [0.2, 0.25) is 0 Å². The molecule has 4 rings (SSSR count). The predicted octanol–water partition coefficient (Wildman–Crippen LogP) is 5.51. The van der Waals surface area contributed by atoms with E-state index in [9.17, 15) is 14.4 Å². The van der Waals surface area contributed by atoms with E-state index in [4.69, 9.17) is 9.47 Å². The number of fused-ring (bicyclic) bond motifs is 1. The number of carbonyl (C=O) groups excluding carboxylic acids is 3. The van der Waals surface area contributed by atoms with Crippen LogP contribution in [0.3, 0.4) is 0 Å². The fourth-order valence-electron chi connectivity index (χ4n) is 4.33. The number of imide groups is 1. The van der Waals surface area contributed by atoms with Crippen molar-refractivity contribution < 1.29 is 23.9 Å². The Hall–Kier alpha value is -3.61. The molecule has 1 saturated heterocycles. The molecule has 0 aliphatic carbocycles. The van der Waals surface area contributed by atoms with Gasteiger partial charge < -0.3 is 9.47 Å². The number of para-hydroxylation sites is 1. The van der Waals surface area contributed by atoms with E-state index >= 15 is 0 Å². The standard InChI is InChI=1S/C27H30N2O5/c1-18(14-24(30)29-20(17-33-26(29)32)15-19-10-6-5-7-11-19)22-16-28(25(31)34-27(2,3)4)23-13-9-8-12-21(22)23/h5-13,16,18,20H,14-15,17H2,1-4H3. The number of ether oxygens (including phenoxy) is 2. The van der Waals surface area contributed by atoms with Crippen molar-refractivity contribution in [3.63, 3.8) is 0 Å². The minimum atomic E-state index is -0.631. The molecule has 2 aromatic carbocycles. The molecule has 7 nitrogen and oxygen atoms in total. The van der Waals surface area contributed by atoms with Gasteiger partial charge in [-0.15, -0.1) is 0 Å². The zero-order valence-electron chi connectivity index (χ0n) is 20.0. The fourth-order valence-corrected chi connectivity index (χ4v) is 4.33. The van der Waals surface area contributed by atoms with E-state index in [1.807, 2.05) is 82.3 Å². The number of carbonyl (C=O) groups is 3. The molecule has 7 heteroatoms. The maximum Gasteiger partial charge on any atom is 0.419 e. The van der Waals surface area contributed by atoms with Crippen molar-refractivity contribution in [2.45, 2.75) is 58.1 Å². The highest BCUT2D eigenvalue weighted by molar-refractivity contribution is 5.95. The molecule has 0 spiro atoms. The van der Waals surface area contributed by atoms with E-state index in [2.05, 4.69) is 0 Å². The molecular weight excluding hydrogens is 432 g/mol. The summed E-state index contributed by atoms with van der Waals surface area (Å²) in [5.41, 5.74) is 1.97. The molecule has 2 atom stereocenters. The van der Waals surface area contributed by atoms with Gasteiger partial charge in [0.05, 0.1) is 11.6 Å². The summed E-state index contributed by atoms with van der Waals surface area (Å²) in [6, 6.07) is 16.9. The smallest absolute Gasteiger partial charge is 0.419 e. The number of cyclic esters (lactones) is 1. The zero-order chi connectivity index (χ0) is 24.5. The SMILES string of the molecule is CC(CC(=O)N1C(=O)OCC1Cc1ccccc1)c1cn(C(=O)OC(C)(C)C)c2ccccc12. The summed E-state index contributed by atoms with van der Waals surface area (Å²) < 4.78 is 12.3. The van der Waals surface area contributed by atoms with Crippen molar-refractivity contribution in [3.05, 3.63) is 71.9 Å². The predicted molar refractivity (Wildman–Crippen MR) is 129 cm³/mol.